The van der Waals surface area contributed by atoms with E-state index >= 15 is 0 Å². The number of imide groups is 1. The van der Waals surface area contributed by atoms with E-state index in [1.54, 1.807) is 48.5 Å². The fourth-order valence-electron chi connectivity index (χ4n) is 7.61. The summed E-state index contributed by atoms with van der Waals surface area (Å²) in [4.78, 5) is 29.9. The van der Waals surface area contributed by atoms with Gasteiger partial charge in [-0.15, -0.1) is 0 Å². The van der Waals surface area contributed by atoms with Crippen LogP contribution in [0.2, 0.25) is 0 Å². The molecule has 9 rings (SSSR count). The molecule has 0 radical (unpaired) electrons. The molecule has 0 bridgehead atoms. The summed E-state index contributed by atoms with van der Waals surface area (Å²) in [7, 11) is 0. The van der Waals surface area contributed by atoms with E-state index in [9.17, 15) is 30.6 Å². The Morgan fingerprint density at radius 3 is 1.39 bits per heavy atom. The zero-order chi connectivity index (χ0) is 38.5. The number of hydrogen-bond donors (Lipinski definition) is 0. The second-order valence-corrected chi connectivity index (χ2v) is 13.4. The number of nitrogens with zero attached hydrogens (tertiary/aromatic N) is 6. The smallest absolute Gasteiger partial charge is 0.268 e. The maximum Gasteiger partial charge on any atom is 0.268 e. The number of aromatic nitrogens is 1. The largest absolute Gasteiger partial charge is 0.308 e. The molecule has 2 heterocycles. The first-order chi connectivity index (χ1) is 27.4. The predicted molar refractivity (Wildman–Crippen MR) is 214 cm³/mol. The van der Waals surface area contributed by atoms with Crippen molar-refractivity contribution < 1.29 is 9.59 Å². The second-order valence-electron chi connectivity index (χ2n) is 13.4. The van der Waals surface area contributed by atoms with Crippen LogP contribution in [-0.2, 0) is 0 Å². The highest BCUT2D eigenvalue weighted by atomic mass is 16.2. The van der Waals surface area contributed by atoms with Crippen LogP contribution in [0.1, 0.15) is 43.0 Å². The van der Waals surface area contributed by atoms with Crippen molar-refractivity contribution in [2.75, 3.05) is 4.90 Å². The Hall–Kier alpha value is -8.56. The van der Waals surface area contributed by atoms with Gasteiger partial charge < -0.3 is 4.57 Å². The zero-order valence-electron chi connectivity index (χ0n) is 29.4. The van der Waals surface area contributed by atoms with Gasteiger partial charge in [0, 0.05) is 10.8 Å². The summed E-state index contributed by atoms with van der Waals surface area (Å²) in [5, 5.41) is 40.6. The van der Waals surface area contributed by atoms with Gasteiger partial charge in [-0.3, -0.25) is 9.59 Å². The van der Waals surface area contributed by atoms with Crippen molar-refractivity contribution in [3.8, 4) is 63.3 Å². The van der Waals surface area contributed by atoms with Crippen LogP contribution in [-0.4, -0.2) is 16.4 Å². The minimum atomic E-state index is -0.462. The van der Waals surface area contributed by atoms with Gasteiger partial charge >= 0.3 is 0 Å². The van der Waals surface area contributed by atoms with E-state index in [1.807, 2.05) is 89.5 Å². The van der Waals surface area contributed by atoms with Crippen LogP contribution in [0.4, 0.5) is 5.69 Å². The lowest BCUT2D eigenvalue weighted by Gasteiger charge is -2.16. The molecule has 258 valence electrons. The third-order valence-corrected chi connectivity index (χ3v) is 10.2. The molecule has 0 fully saturated rings. The standard InChI is InChI=1S/C48H24N6O2/c49-25-29-17-30(26-50)20-37(19-29)35-11-15-40-41-16-12-36(38-21-31(27-51)18-32(22-38)28-52)24-45(41)54(44(40)23-35)43-8-4-7-42-46(43)48(56)53(47(42)55)39-13-9-34(10-14-39)33-5-2-1-3-6-33/h1-24H. The lowest BCUT2D eigenvalue weighted by atomic mass is 9.98. The van der Waals surface area contributed by atoms with Gasteiger partial charge in [0.2, 0.25) is 0 Å². The second kappa shape index (κ2) is 13.1. The molecule has 0 saturated heterocycles. The molecule has 7 aromatic carbocycles. The summed E-state index contributed by atoms with van der Waals surface area (Å²) in [6, 6.07) is 52.7. The van der Waals surface area contributed by atoms with Crippen molar-refractivity contribution in [2.45, 2.75) is 0 Å². The fraction of sp³-hybridized carbons (Fsp3) is 0. The minimum absolute atomic E-state index is 0.246. The van der Waals surface area contributed by atoms with Crippen LogP contribution in [0, 0.1) is 45.3 Å². The molecule has 0 spiro atoms. The number of rotatable bonds is 5. The lowest BCUT2D eigenvalue weighted by Crippen LogP contribution is -2.29. The van der Waals surface area contributed by atoms with E-state index in [4.69, 9.17) is 0 Å². The Morgan fingerprint density at radius 1 is 0.411 bits per heavy atom. The molecule has 1 aliphatic rings. The first kappa shape index (κ1) is 33.3. The van der Waals surface area contributed by atoms with Crippen LogP contribution in [0.5, 0.6) is 0 Å². The van der Waals surface area contributed by atoms with Crippen molar-refractivity contribution in [1.82, 2.24) is 4.57 Å². The van der Waals surface area contributed by atoms with E-state index in [-0.39, 0.29) is 11.1 Å². The van der Waals surface area contributed by atoms with Gasteiger partial charge in [0.15, 0.2) is 0 Å². The number of carbonyl (C=O) groups is 2. The number of amides is 2. The molecular formula is C48H24N6O2. The number of benzene rings is 7. The summed E-state index contributed by atoms with van der Waals surface area (Å²) in [6.45, 7) is 0. The predicted octanol–water partition coefficient (Wildman–Crippen LogP) is 10.1. The van der Waals surface area contributed by atoms with Gasteiger partial charge in [-0.05, 0) is 106 Å². The Kier molecular flexibility index (Phi) is 7.81. The SMILES string of the molecule is N#Cc1cc(C#N)cc(-c2ccc3c4ccc(-c5cc(C#N)cc(C#N)c5)cc4n(-c4cccc5c4C(=O)N(c4ccc(-c6ccccc6)cc4)C5=O)c3c2)c1. The highest BCUT2D eigenvalue weighted by molar-refractivity contribution is 6.35. The molecule has 0 atom stereocenters. The third kappa shape index (κ3) is 5.36. The molecule has 56 heavy (non-hydrogen) atoms. The van der Waals surface area contributed by atoms with Gasteiger partial charge in [-0.1, -0.05) is 72.8 Å². The monoisotopic (exact) mass is 716 g/mol. The minimum Gasteiger partial charge on any atom is -0.308 e. The van der Waals surface area contributed by atoms with Crippen LogP contribution < -0.4 is 4.90 Å². The van der Waals surface area contributed by atoms with Crippen LogP contribution in [0.15, 0.2) is 146 Å². The molecule has 0 aliphatic carbocycles. The maximum atomic E-state index is 14.6. The van der Waals surface area contributed by atoms with Gasteiger partial charge in [0.25, 0.3) is 11.8 Å². The quantitative estimate of drug-likeness (QED) is 0.163. The van der Waals surface area contributed by atoms with Crippen molar-refractivity contribution in [1.29, 1.82) is 21.0 Å². The summed E-state index contributed by atoms with van der Waals surface area (Å²) >= 11 is 0. The van der Waals surface area contributed by atoms with Crippen molar-refractivity contribution in [2.24, 2.45) is 0 Å². The van der Waals surface area contributed by atoms with Crippen LogP contribution >= 0.6 is 0 Å². The van der Waals surface area contributed by atoms with E-state index in [1.165, 1.54) is 17.0 Å². The van der Waals surface area contributed by atoms with Crippen molar-refractivity contribution in [3.05, 3.63) is 179 Å². The van der Waals surface area contributed by atoms with E-state index in [2.05, 4.69) is 24.3 Å². The van der Waals surface area contributed by atoms with Crippen molar-refractivity contribution in [3.63, 3.8) is 0 Å². The number of fused-ring (bicyclic) bond motifs is 4. The lowest BCUT2D eigenvalue weighted by molar-refractivity contribution is 0.0926. The molecule has 0 N–H and O–H groups in total. The Morgan fingerprint density at radius 2 is 0.893 bits per heavy atom. The van der Waals surface area contributed by atoms with Gasteiger partial charge in [0.1, 0.15) is 0 Å². The average Bonchev–Trinajstić information content (AvgIpc) is 3.72. The van der Waals surface area contributed by atoms with E-state index < -0.39 is 11.8 Å². The summed E-state index contributed by atoms with van der Waals surface area (Å²) in [6.07, 6.45) is 0. The van der Waals surface area contributed by atoms with Crippen molar-refractivity contribution >= 4 is 39.3 Å². The molecule has 8 nitrogen and oxygen atoms in total. The highest BCUT2D eigenvalue weighted by Gasteiger charge is 2.39. The number of hydrogen-bond acceptors (Lipinski definition) is 6. The molecule has 8 aromatic rings. The third-order valence-electron chi connectivity index (χ3n) is 10.2. The first-order valence-corrected chi connectivity index (χ1v) is 17.6. The Balaban J connectivity index is 1.27. The Bertz CT molecular complexity index is 2970. The van der Waals surface area contributed by atoms with Crippen LogP contribution in [0.3, 0.4) is 0 Å². The molecule has 1 aliphatic heterocycles. The molecule has 1 aromatic heterocycles. The van der Waals surface area contributed by atoms with Gasteiger partial charge in [-0.25, -0.2) is 4.90 Å². The number of carbonyl (C=O) groups excluding carboxylic acids is 2. The first-order valence-electron chi connectivity index (χ1n) is 17.6. The molecule has 8 heteroatoms. The van der Waals surface area contributed by atoms with Gasteiger partial charge in [-0.2, -0.15) is 21.0 Å². The fourth-order valence-corrected chi connectivity index (χ4v) is 7.61. The van der Waals surface area contributed by atoms with Crippen LogP contribution in [0.25, 0.3) is 60.9 Å². The zero-order valence-corrected chi connectivity index (χ0v) is 29.4. The van der Waals surface area contributed by atoms with Gasteiger partial charge in [0.05, 0.1) is 80.1 Å². The topological polar surface area (TPSA) is 137 Å². The van der Waals surface area contributed by atoms with E-state index in [0.717, 1.165) is 44.1 Å². The molecule has 0 unspecified atom stereocenters. The summed E-state index contributed by atoms with van der Waals surface area (Å²) in [5.74, 6) is -0.896. The molecule has 2 amide bonds. The summed E-state index contributed by atoms with van der Waals surface area (Å²) in [5.41, 5.74) is 9.09. The summed E-state index contributed by atoms with van der Waals surface area (Å²) < 4.78 is 1.96. The average molecular weight is 717 g/mol. The number of anilines is 1. The normalized spacial score (nSPS) is 11.9. The number of nitriles is 4. The molecular weight excluding hydrogens is 693 g/mol. The van der Waals surface area contributed by atoms with E-state index in [0.29, 0.717) is 44.8 Å². The molecule has 0 saturated carbocycles. The maximum absolute atomic E-state index is 14.6. The Labute approximate surface area is 320 Å². The highest BCUT2D eigenvalue weighted by Crippen LogP contribution is 2.41.